The number of nitrogens with zero attached hydrogens (tertiary/aromatic N) is 1. The predicted molar refractivity (Wildman–Crippen MR) is 64.7 cm³/mol. The predicted octanol–water partition coefficient (Wildman–Crippen LogP) is 3.23. The van der Waals surface area contributed by atoms with Gasteiger partial charge in [0.2, 0.25) is 0 Å². The Labute approximate surface area is 92.6 Å². The van der Waals surface area contributed by atoms with Crippen LogP contribution in [0.25, 0.3) is 0 Å². The lowest BCUT2D eigenvalue weighted by Gasteiger charge is -2.24. The molecule has 0 bridgehead atoms. The molecule has 2 rings (SSSR count). The molecule has 0 saturated heterocycles. The van der Waals surface area contributed by atoms with Crippen LogP contribution in [0.15, 0.2) is 12.1 Å². The quantitative estimate of drug-likeness (QED) is 0.803. The van der Waals surface area contributed by atoms with Crippen LogP contribution in [0.3, 0.4) is 0 Å². The van der Waals surface area contributed by atoms with E-state index in [4.69, 9.17) is 0 Å². The van der Waals surface area contributed by atoms with E-state index >= 15 is 0 Å². The Morgan fingerprint density at radius 1 is 1.20 bits per heavy atom. The summed E-state index contributed by atoms with van der Waals surface area (Å²) in [5.74, 6) is 0.867. The van der Waals surface area contributed by atoms with Crippen LogP contribution < -0.4 is 5.43 Å². The molecule has 15 heavy (non-hydrogen) atoms. The topological polar surface area (TPSA) is 17.0 Å². The van der Waals surface area contributed by atoms with Crippen LogP contribution in [0.2, 0.25) is 0 Å². The molecule has 1 aliphatic carbocycles. The molecule has 0 aromatic carbocycles. The molecule has 2 heteroatoms. The summed E-state index contributed by atoms with van der Waals surface area (Å²) in [6, 6.07) is 4.94. The van der Waals surface area contributed by atoms with Gasteiger partial charge < -0.3 is 5.43 Å². The van der Waals surface area contributed by atoms with Crippen molar-refractivity contribution < 1.29 is 0 Å². The van der Waals surface area contributed by atoms with Crippen LogP contribution in [0, 0.1) is 19.8 Å². The van der Waals surface area contributed by atoms with E-state index in [1.807, 2.05) is 0 Å². The zero-order valence-electron chi connectivity index (χ0n) is 10.1. The molecule has 1 heterocycles. The van der Waals surface area contributed by atoms with Crippen molar-refractivity contribution in [3.63, 3.8) is 0 Å². The van der Waals surface area contributed by atoms with Gasteiger partial charge in [-0.2, -0.15) is 0 Å². The number of hydrogen-bond acceptors (Lipinski definition) is 1. The average molecular weight is 206 g/mol. The third-order valence-corrected chi connectivity index (χ3v) is 3.71. The van der Waals surface area contributed by atoms with Gasteiger partial charge in [0.25, 0.3) is 0 Å². The van der Waals surface area contributed by atoms with Gasteiger partial charge in [0.05, 0.1) is 0 Å². The van der Waals surface area contributed by atoms with Crippen molar-refractivity contribution in [1.82, 2.24) is 4.68 Å². The highest BCUT2D eigenvalue weighted by Crippen LogP contribution is 2.28. The number of nitrogens with one attached hydrogen (secondary N) is 1. The van der Waals surface area contributed by atoms with Gasteiger partial charge in [-0.05, 0) is 51.7 Å². The van der Waals surface area contributed by atoms with Crippen LogP contribution in [0.4, 0.5) is 0 Å². The molecule has 84 valence electrons. The number of rotatable bonds is 3. The largest absolute Gasteiger partial charge is 0.323 e. The maximum Gasteiger partial charge on any atom is 0.0424 e. The van der Waals surface area contributed by atoms with Gasteiger partial charge >= 0.3 is 0 Å². The standard InChI is InChI=1S/C13H22N2/c1-10-8-9-11(2)15(10)14-12(3)13-6-4-5-7-13/h8-9,12-14H,4-7H2,1-3H3. The van der Waals surface area contributed by atoms with Gasteiger partial charge in [-0.25, -0.2) is 0 Å². The van der Waals surface area contributed by atoms with Crippen LogP contribution in [-0.2, 0) is 0 Å². The molecule has 0 amide bonds. The van der Waals surface area contributed by atoms with Crippen molar-refractivity contribution in [2.45, 2.75) is 52.5 Å². The minimum atomic E-state index is 0.595. The summed E-state index contributed by atoms with van der Waals surface area (Å²) in [6.07, 6.45) is 5.63. The molecule has 1 aliphatic rings. The summed E-state index contributed by atoms with van der Waals surface area (Å²) in [4.78, 5) is 0. The summed E-state index contributed by atoms with van der Waals surface area (Å²) < 4.78 is 2.23. The molecule has 1 unspecified atom stereocenters. The van der Waals surface area contributed by atoms with Crippen molar-refractivity contribution in [1.29, 1.82) is 0 Å². The normalized spacial score (nSPS) is 19.4. The Hall–Kier alpha value is -0.920. The first-order valence-corrected chi connectivity index (χ1v) is 6.10. The van der Waals surface area contributed by atoms with E-state index in [0.29, 0.717) is 6.04 Å². The Morgan fingerprint density at radius 2 is 1.73 bits per heavy atom. The Morgan fingerprint density at radius 3 is 2.27 bits per heavy atom. The van der Waals surface area contributed by atoms with Crippen LogP contribution in [0.5, 0.6) is 0 Å². The zero-order valence-corrected chi connectivity index (χ0v) is 10.1. The molecule has 1 N–H and O–H groups in total. The fourth-order valence-corrected chi connectivity index (χ4v) is 2.64. The van der Waals surface area contributed by atoms with Gasteiger partial charge in [-0.15, -0.1) is 0 Å². The highest BCUT2D eigenvalue weighted by atomic mass is 15.4. The zero-order chi connectivity index (χ0) is 10.8. The molecule has 0 spiro atoms. The van der Waals surface area contributed by atoms with Gasteiger partial charge in [-0.1, -0.05) is 12.8 Å². The summed E-state index contributed by atoms with van der Waals surface area (Å²) >= 11 is 0. The van der Waals surface area contributed by atoms with E-state index in [2.05, 4.69) is 43.0 Å². The molecule has 0 radical (unpaired) electrons. The van der Waals surface area contributed by atoms with E-state index in [0.717, 1.165) is 5.92 Å². The lowest BCUT2D eigenvalue weighted by atomic mass is 10.0. The summed E-state index contributed by atoms with van der Waals surface area (Å²) in [6.45, 7) is 6.62. The van der Waals surface area contributed by atoms with Crippen molar-refractivity contribution in [3.05, 3.63) is 23.5 Å². The second kappa shape index (κ2) is 4.30. The van der Waals surface area contributed by atoms with E-state index in [9.17, 15) is 0 Å². The molecule has 1 saturated carbocycles. The van der Waals surface area contributed by atoms with Crippen LogP contribution in [0.1, 0.15) is 44.0 Å². The highest BCUT2D eigenvalue weighted by Gasteiger charge is 2.21. The van der Waals surface area contributed by atoms with Gasteiger partial charge in [0, 0.05) is 17.4 Å². The first kappa shape index (κ1) is 10.6. The molecule has 1 aromatic rings. The average Bonchev–Trinajstić information content (AvgIpc) is 2.82. The fourth-order valence-electron chi connectivity index (χ4n) is 2.64. The molecule has 1 fully saturated rings. The number of hydrogen-bond donors (Lipinski definition) is 1. The summed E-state index contributed by atoms with van der Waals surface area (Å²) in [5.41, 5.74) is 6.22. The van der Waals surface area contributed by atoms with Crippen molar-refractivity contribution >= 4 is 0 Å². The summed E-state index contributed by atoms with van der Waals surface area (Å²) in [7, 11) is 0. The Bertz CT molecular complexity index is 302. The number of aryl methyl sites for hydroxylation is 2. The van der Waals surface area contributed by atoms with Gasteiger partial charge in [0.1, 0.15) is 0 Å². The fraction of sp³-hybridized carbons (Fsp3) is 0.692. The monoisotopic (exact) mass is 206 g/mol. The molecule has 2 nitrogen and oxygen atoms in total. The molecule has 0 aliphatic heterocycles. The third kappa shape index (κ3) is 2.19. The SMILES string of the molecule is Cc1ccc(C)n1NC(C)C1CCCC1. The van der Waals surface area contributed by atoms with Crippen molar-refractivity contribution in [2.24, 2.45) is 5.92 Å². The van der Waals surface area contributed by atoms with Crippen molar-refractivity contribution in [3.8, 4) is 0 Å². The minimum Gasteiger partial charge on any atom is -0.323 e. The molecular weight excluding hydrogens is 184 g/mol. The van der Waals surface area contributed by atoms with Crippen LogP contribution >= 0.6 is 0 Å². The Kier molecular flexibility index (Phi) is 3.03. The van der Waals surface area contributed by atoms with Gasteiger partial charge in [0.15, 0.2) is 0 Å². The molecule has 1 aromatic heterocycles. The highest BCUT2D eigenvalue weighted by molar-refractivity contribution is 5.16. The minimum absolute atomic E-state index is 0.595. The number of aromatic nitrogens is 1. The first-order chi connectivity index (χ1) is 7.18. The van der Waals surface area contributed by atoms with Gasteiger partial charge in [-0.3, -0.25) is 4.68 Å². The second-order valence-corrected chi connectivity index (χ2v) is 4.91. The maximum atomic E-state index is 3.62. The maximum absolute atomic E-state index is 3.62. The van der Waals surface area contributed by atoms with Crippen LogP contribution in [-0.4, -0.2) is 10.7 Å². The molecular formula is C13H22N2. The lowest BCUT2D eigenvalue weighted by Crippen LogP contribution is -2.32. The van der Waals surface area contributed by atoms with Crippen molar-refractivity contribution in [2.75, 3.05) is 5.43 Å². The van der Waals surface area contributed by atoms with E-state index in [-0.39, 0.29) is 0 Å². The first-order valence-electron chi connectivity index (χ1n) is 6.10. The third-order valence-electron chi connectivity index (χ3n) is 3.71. The summed E-state index contributed by atoms with van der Waals surface area (Å²) in [5, 5.41) is 0. The smallest absolute Gasteiger partial charge is 0.0424 e. The van der Waals surface area contributed by atoms with E-state index in [1.54, 1.807) is 0 Å². The lowest BCUT2D eigenvalue weighted by molar-refractivity contribution is 0.450. The van der Waals surface area contributed by atoms with E-state index in [1.165, 1.54) is 37.1 Å². The second-order valence-electron chi connectivity index (χ2n) is 4.91. The van der Waals surface area contributed by atoms with E-state index < -0.39 is 0 Å². The Balaban J connectivity index is 2.01. The molecule has 1 atom stereocenters.